The third-order valence-electron chi connectivity index (χ3n) is 3.51. The second-order valence-corrected chi connectivity index (χ2v) is 5.00. The fourth-order valence-electron chi connectivity index (χ4n) is 2.41. The molecule has 2 aromatic rings. The molecule has 0 saturated carbocycles. The van der Waals surface area contributed by atoms with Crippen LogP contribution in [0.1, 0.15) is 19.8 Å². The summed E-state index contributed by atoms with van der Waals surface area (Å²) >= 11 is 0. The van der Waals surface area contributed by atoms with E-state index in [0.717, 1.165) is 56.0 Å². The van der Waals surface area contributed by atoms with Crippen LogP contribution in [0.25, 0.3) is 11.0 Å². The van der Waals surface area contributed by atoms with Gasteiger partial charge in [-0.05, 0) is 25.7 Å². The van der Waals surface area contributed by atoms with Crippen LogP contribution in [-0.4, -0.2) is 46.5 Å². The van der Waals surface area contributed by atoms with Crippen molar-refractivity contribution in [1.29, 1.82) is 0 Å². The highest BCUT2D eigenvalue weighted by Crippen LogP contribution is 2.21. The molecule has 3 heterocycles. The third kappa shape index (κ3) is 2.82. The summed E-state index contributed by atoms with van der Waals surface area (Å²) in [7, 11) is 0. The minimum absolute atomic E-state index is 0.621. The number of H-pyrrole nitrogens is 1. The average molecular weight is 276 g/mol. The van der Waals surface area contributed by atoms with E-state index in [4.69, 9.17) is 4.74 Å². The lowest BCUT2D eigenvalue weighted by Crippen LogP contribution is -2.11. The molecule has 108 valence electrons. The first-order valence-electron chi connectivity index (χ1n) is 7.13. The molecule has 3 rings (SSSR count). The largest absolute Gasteiger partial charge is 0.381 e. The van der Waals surface area contributed by atoms with Gasteiger partial charge in [-0.3, -0.25) is 5.10 Å². The number of hydrogen-bond acceptors (Lipinski definition) is 6. The van der Waals surface area contributed by atoms with Crippen LogP contribution in [0, 0.1) is 5.92 Å². The SMILES string of the molecule is CCNc1nc(NCCC2CCOC2)c2cn[nH]c2n1. The van der Waals surface area contributed by atoms with Crippen molar-refractivity contribution in [3.8, 4) is 0 Å². The molecule has 1 fully saturated rings. The Morgan fingerprint density at radius 2 is 2.35 bits per heavy atom. The van der Waals surface area contributed by atoms with Gasteiger partial charge < -0.3 is 15.4 Å². The van der Waals surface area contributed by atoms with E-state index < -0.39 is 0 Å². The van der Waals surface area contributed by atoms with Gasteiger partial charge in [-0.25, -0.2) is 0 Å². The topological polar surface area (TPSA) is 87.8 Å². The Labute approximate surface area is 117 Å². The van der Waals surface area contributed by atoms with Gasteiger partial charge >= 0.3 is 0 Å². The van der Waals surface area contributed by atoms with Crippen molar-refractivity contribution in [3.05, 3.63) is 6.20 Å². The maximum absolute atomic E-state index is 5.39. The molecule has 1 unspecified atom stereocenters. The lowest BCUT2D eigenvalue weighted by Gasteiger charge is -2.11. The minimum Gasteiger partial charge on any atom is -0.381 e. The number of aromatic nitrogens is 4. The molecule has 0 aromatic carbocycles. The highest BCUT2D eigenvalue weighted by molar-refractivity contribution is 5.86. The van der Waals surface area contributed by atoms with E-state index >= 15 is 0 Å². The lowest BCUT2D eigenvalue weighted by molar-refractivity contribution is 0.185. The Kier molecular flexibility index (Phi) is 3.96. The monoisotopic (exact) mass is 276 g/mol. The minimum atomic E-state index is 0.621. The van der Waals surface area contributed by atoms with Gasteiger partial charge in [-0.2, -0.15) is 15.1 Å². The third-order valence-corrected chi connectivity index (χ3v) is 3.51. The number of hydrogen-bond donors (Lipinski definition) is 3. The zero-order chi connectivity index (χ0) is 13.8. The molecule has 0 amide bonds. The van der Waals surface area contributed by atoms with E-state index in [0.29, 0.717) is 11.9 Å². The Hall–Kier alpha value is -1.89. The van der Waals surface area contributed by atoms with Crippen LogP contribution >= 0.6 is 0 Å². The summed E-state index contributed by atoms with van der Waals surface area (Å²) in [6.45, 7) is 5.48. The van der Waals surface area contributed by atoms with Crippen LogP contribution in [0.4, 0.5) is 11.8 Å². The fraction of sp³-hybridized carbons (Fsp3) is 0.615. The number of aromatic amines is 1. The Morgan fingerprint density at radius 1 is 1.40 bits per heavy atom. The van der Waals surface area contributed by atoms with Crippen LogP contribution in [0.15, 0.2) is 6.20 Å². The highest BCUT2D eigenvalue weighted by atomic mass is 16.5. The molecule has 1 aliphatic heterocycles. The molecule has 7 nitrogen and oxygen atoms in total. The van der Waals surface area contributed by atoms with E-state index in [9.17, 15) is 0 Å². The second-order valence-electron chi connectivity index (χ2n) is 5.00. The maximum Gasteiger partial charge on any atom is 0.226 e. The van der Waals surface area contributed by atoms with Crippen LogP contribution < -0.4 is 10.6 Å². The van der Waals surface area contributed by atoms with E-state index in [1.165, 1.54) is 0 Å². The second kappa shape index (κ2) is 6.04. The van der Waals surface area contributed by atoms with Gasteiger partial charge in [0.1, 0.15) is 5.82 Å². The average Bonchev–Trinajstić information content (AvgIpc) is 3.09. The Morgan fingerprint density at radius 3 is 3.15 bits per heavy atom. The maximum atomic E-state index is 5.39. The molecule has 0 radical (unpaired) electrons. The Bertz CT molecular complexity index is 563. The predicted molar refractivity (Wildman–Crippen MR) is 77.9 cm³/mol. The zero-order valence-corrected chi connectivity index (χ0v) is 11.6. The van der Waals surface area contributed by atoms with Crippen molar-refractivity contribution in [2.75, 3.05) is 36.9 Å². The van der Waals surface area contributed by atoms with Crippen LogP contribution in [0.5, 0.6) is 0 Å². The highest BCUT2D eigenvalue weighted by Gasteiger charge is 2.15. The van der Waals surface area contributed by atoms with Crippen molar-refractivity contribution >= 4 is 22.8 Å². The standard InChI is InChI=1S/C13H20N6O/c1-2-14-13-17-11(10-7-16-19-12(10)18-13)15-5-3-9-4-6-20-8-9/h7,9H,2-6,8H2,1H3,(H3,14,15,16,17,18,19). The van der Waals surface area contributed by atoms with Gasteiger partial charge in [0.15, 0.2) is 5.65 Å². The van der Waals surface area contributed by atoms with E-state index in [-0.39, 0.29) is 0 Å². The molecular formula is C13H20N6O. The van der Waals surface area contributed by atoms with Gasteiger partial charge in [0.2, 0.25) is 5.95 Å². The van der Waals surface area contributed by atoms with Crippen LogP contribution in [-0.2, 0) is 4.74 Å². The summed E-state index contributed by atoms with van der Waals surface area (Å²) < 4.78 is 5.39. The molecule has 3 N–H and O–H groups in total. The fourth-order valence-corrected chi connectivity index (χ4v) is 2.41. The number of ether oxygens (including phenoxy) is 1. The first-order valence-corrected chi connectivity index (χ1v) is 7.13. The molecule has 0 bridgehead atoms. The first kappa shape index (κ1) is 13.1. The van der Waals surface area contributed by atoms with Gasteiger partial charge in [0.05, 0.1) is 11.6 Å². The molecule has 7 heteroatoms. The molecule has 1 aliphatic rings. The van der Waals surface area contributed by atoms with E-state index in [2.05, 4.69) is 30.8 Å². The van der Waals surface area contributed by atoms with E-state index in [1.807, 2.05) is 6.92 Å². The molecule has 0 aliphatic carbocycles. The summed E-state index contributed by atoms with van der Waals surface area (Å²) in [6.07, 6.45) is 4.02. The van der Waals surface area contributed by atoms with Crippen molar-refractivity contribution < 1.29 is 4.74 Å². The quantitative estimate of drug-likeness (QED) is 0.743. The predicted octanol–water partition coefficient (Wildman–Crippen LogP) is 1.62. The molecule has 20 heavy (non-hydrogen) atoms. The zero-order valence-electron chi connectivity index (χ0n) is 11.6. The number of nitrogens with one attached hydrogen (secondary N) is 3. The molecule has 0 spiro atoms. The smallest absolute Gasteiger partial charge is 0.226 e. The molecule has 2 aromatic heterocycles. The van der Waals surface area contributed by atoms with Gasteiger partial charge in [0, 0.05) is 26.3 Å². The van der Waals surface area contributed by atoms with Gasteiger partial charge in [0.25, 0.3) is 0 Å². The Balaban J connectivity index is 1.69. The number of rotatable bonds is 6. The summed E-state index contributed by atoms with van der Waals surface area (Å²) in [5.74, 6) is 2.12. The summed E-state index contributed by atoms with van der Waals surface area (Å²) in [6, 6.07) is 0. The summed E-state index contributed by atoms with van der Waals surface area (Å²) in [4.78, 5) is 8.87. The lowest BCUT2D eigenvalue weighted by atomic mass is 10.1. The van der Waals surface area contributed by atoms with Crippen molar-refractivity contribution in [1.82, 2.24) is 20.2 Å². The van der Waals surface area contributed by atoms with Crippen molar-refractivity contribution in [3.63, 3.8) is 0 Å². The van der Waals surface area contributed by atoms with Crippen molar-refractivity contribution in [2.24, 2.45) is 5.92 Å². The van der Waals surface area contributed by atoms with Gasteiger partial charge in [-0.1, -0.05) is 0 Å². The van der Waals surface area contributed by atoms with Crippen LogP contribution in [0.2, 0.25) is 0 Å². The summed E-state index contributed by atoms with van der Waals surface area (Å²) in [5, 5.41) is 14.4. The molecule has 1 atom stereocenters. The molecular weight excluding hydrogens is 256 g/mol. The summed E-state index contributed by atoms with van der Waals surface area (Å²) in [5.41, 5.74) is 0.752. The van der Waals surface area contributed by atoms with Crippen LogP contribution in [0.3, 0.4) is 0 Å². The van der Waals surface area contributed by atoms with Gasteiger partial charge in [-0.15, -0.1) is 0 Å². The molecule has 1 saturated heterocycles. The number of nitrogens with zero attached hydrogens (tertiary/aromatic N) is 3. The normalized spacial score (nSPS) is 18.6. The van der Waals surface area contributed by atoms with E-state index in [1.54, 1.807) is 6.20 Å². The number of fused-ring (bicyclic) bond motifs is 1. The first-order chi connectivity index (χ1) is 9.86. The number of anilines is 2. The van der Waals surface area contributed by atoms with Crippen molar-refractivity contribution in [2.45, 2.75) is 19.8 Å².